The lowest BCUT2D eigenvalue weighted by Crippen LogP contribution is -2.56. The van der Waals surface area contributed by atoms with Crippen LogP contribution < -0.4 is 5.32 Å². The van der Waals surface area contributed by atoms with E-state index in [2.05, 4.69) is 35.1 Å². The first kappa shape index (κ1) is 12.2. The minimum absolute atomic E-state index is 0.0816. The molecule has 0 aliphatic heterocycles. The molecule has 2 N–H and O–H groups in total. The molecule has 2 rings (SSSR count). The molecule has 1 aromatic rings. The third-order valence-electron chi connectivity index (χ3n) is 3.50. The summed E-state index contributed by atoms with van der Waals surface area (Å²) in [6, 6.07) is 6.03. The van der Waals surface area contributed by atoms with Crippen molar-refractivity contribution in [2.45, 2.75) is 32.4 Å². The van der Waals surface area contributed by atoms with Gasteiger partial charge in [0.25, 0.3) is 0 Å². The molecular weight excluding hydrogens is 289 g/mol. The Kier molecular flexibility index (Phi) is 3.21. The van der Waals surface area contributed by atoms with E-state index in [1.807, 2.05) is 18.2 Å². The standard InChI is InChI=1S/C12H15BrClNO/c1-12(2)9(6-10(12)16)15-8-5-3-4-7(14)11(8)13/h3-5,9-10,15-16H,6H2,1-2H3. The molecule has 1 aromatic carbocycles. The summed E-state index contributed by atoms with van der Waals surface area (Å²) in [6.45, 7) is 4.13. The van der Waals surface area contributed by atoms with E-state index >= 15 is 0 Å². The lowest BCUT2D eigenvalue weighted by atomic mass is 9.64. The molecule has 2 unspecified atom stereocenters. The molecule has 0 heterocycles. The van der Waals surface area contributed by atoms with Crippen molar-refractivity contribution in [2.24, 2.45) is 5.41 Å². The Morgan fingerprint density at radius 3 is 2.75 bits per heavy atom. The maximum Gasteiger partial charge on any atom is 0.0630 e. The van der Waals surface area contributed by atoms with Gasteiger partial charge in [-0.05, 0) is 34.5 Å². The van der Waals surface area contributed by atoms with Crippen LogP contribution in [-0.2, 0) is 0 Å². The first-order valence-electron chi connectivity index (χ1n) is 5.31. The van der Waals surface area contributed by atoms with Crippen LogP contribution >= 0.6 is 27.5 Å². The zero-order valence-corrected chi connectivity index (χ0v) is 11.6. The normalized spacial score (nSPS) is 27.3. The van der Waals surface area contributed by atoms with Crippen LogP contribution in [0.15, 0.2) is 22.7 Å². The van der Waals surface area contributed by atoms with Gasteiger partial charge >= 0.3 is 0 Å². The Morgan fingerprint density at radius 2 is 2.19 bits per heavy atom. The monoisotopic (exact) mass is 303 g/mol. The minimum atomic E-state index is -0.219. The van der Waals surface area contributed by atoms with Gasteiger partial charge in [0, 0.05) is 11.5 Å². The number of aliphatic hydroxyl groups excluding tert-OH is 1. The molecule has 0 aromatic heterocycles. The third kappa shape index (κ3) is 1.96. The number of hydrogen-bond acceptors (Lipinski definition) is 2. The van der Waals surface area contributed by atoms with Gasteiger partial charge in [0.2, 0.25) is 0 Å². The summed E-state index contributed by atoms with van der Waals surface area (Å²) in [7, 11) is 0. The van der Waals surface area contributed by atoms with Crippen LogP contribution in [-0.4, -0.2) is 17.3 Å². The Morgan fingerprint density at radius 1 is 1.50 bits per heavy atom. The lowest BCUT2D eigenvalue weighted by molar-refractivity contribution is -0.0510. The van der Waals surface area contributed by atoms with Crippen LogP contribution in [0, 0.1) is 5.41 Å². The number of hydrogen-bond donors (Lipinski definition) is 2. The second-order valence-corrected chi connectivity index (χ2v) is 6.07. The fraction of sp³-hybridized carbons (Fsp3) is 0.500. The predicted molar refractivity (Wildman–Crippen MR) is 71.0 cm³/mol. The number of rotatable bonds is 2. The average molecular weight is 305 g/mol. The fourth-order valence-corrected chi connectivity index (χ4v) is 2.50. The summed E-state index contributed by atoms with van der Waals surface area (Å²) in [4.78, 5) is 0. The fourth-order valence-electron chi connectivity index (χ4n) is 1.95. The van der Waals surface area contributed by atoms with Crippen molar-refractivity contribution >= 4 is 33.2 Å². The predicted octanol–water partition coefficient (Wildman–Crippen LogP) is 3.67. The molecular formula is C12H15BrClNO. The van der Waals surface area contributed by atoms with Crippen LogP contribution in [0.2, 0.25) is 5.02 Å². The van der Waals surface area contributed by atoms with Crippen molar-refractivity contribution in [2.75, 3.05) is 5.32 Å². The molecule has 1 saturated carbocycles. The first-order valence-corrected chi connectivity index (χ1v) is 6.48. The molecule has 1 fully saturated rings. The van der Waals surface area contributed by atoms with Crippen molar-refractivity contribution in [3.8, 4) is 0 Å². The van der Waals surface area contributed by atoms with E-state index in [0.717, 1.165) is 16.6 Å². The summed E-state index contributed by atoms with van der Waals surface area (Å²) >= 11 is 9.48. The first-order chi connectivity index (χ1) is 7.43. The Labute approximate surface area is 109 Å². The molecule has 2 nitrogen and oxygen atoms in total. The maximum atomic E-state index is 9.67. The van der Waals surface area contributed by atoms with E-state index < -0.39 is 0 Å². The topological polar surface area (TPSA) is 32.3 Å². The van der Waals surface area contributed by atoms with Gasteiger partial charge in [-0.15, -0.1) is 0 Å². The van der Waals surface area contributed by atoms with E-state index in [4.69, 9.17) is 11.6 Å². The summed E-state index contributed by atoms with van der Waals surface area (Å²) in [5.41, 5.74) is 0.902. The highest BCUT2D eigenvalue weighted by Gasteiger charge is 2.47. The third-order valence-corrected chi connectivity index (χ3v) is 4.89. The van der Waals surface area contributed by atoms with E-state index in [9.17, 15) is 5.11 Å². The molecule has 2 atom stereocenters. The van der Waals surface area contributed by atoms with Crippen LogP contribution in [0.3, 0.4) is 0 Å². The number of nitrogens with one attached hydrogen (secondary N) is 1. The number of anilines is 1. The van der Waals surface area contributed by atoms with Crippen molar-refractivity contribution < 1.29 is 5.11 Å². The van der Waals surface area contributed by atoms with E-state index in [0.29, 0.717) is 5.02 Å². The lowest BCUT2D eigenvalue weighted by Gasteiger charge is -2.50. The average Bonchev–Trinajstić information content (AvgIpc) is 2.24. The molecule has 0 bridgehead atoms. The van der Waals surface area contributed by atoms with Gasteiger partial charge in [-0.3, -0.25) is 0 Å². The molecule has 16 heavy (non-hydrogen) atoms. The van der Waals surface area contributed by atoms with Crippen molar-refractivity contribution in [3.05, 3.63) is 27.7 Å². The van der Waals surface area contributed by atoms with Crippen molar-refractivity contribution in [1.29, 1.82) is 0 Å². The number of aliphatic hydroxyl groups is 1. The van der Waals surface area contributed by atoms with Gasteiger partial charge in [-0.1, -0.05) is 31.5 Å². The highest BCUT2D eigenvalue weighted by atomic mass is 79.9. The smallest absolute Gasteiger partial charge is 0.0630 e. The van der Waals surface area contributed by atoms with Gasteiger partial charge < -0.3 is 10.4 Å². The SMILES string of the molecule is CC1(C)C(O)CC1Nc1cccc(Cl)c1Br. The molecule has 88 valence electrons. The number of benzene rings is 1. The summed E-state index contributed by atoms with van der Waals surface area (Å²) < 4.78 is 0.883. The number of halogens is 2. The van der Waals surface area contributed by atoms with E-state index in [-0.39, 0.29) is 17.6 Å². The largest absolute Gasteiger partial charge is 0.392 e. The summed E-state index contributed by atoms with van der Waals surface area (Å²) in [5, 5.41) is 13.8. The van der Waals surface area contributed by atoms with Crippen LogP contribution in [0.5, 0.6) is 0 Å². The van der Waals surface area contributed by atoms with Crippen LogP contribution in [0.25, 0.3) is 0 Å². The molecule has 0 amide bonds. The molecule has 1 aliphatic carbocycles. The highest BCUT2D eigenvalue weighted by molar-refractivity contribution is 9.10. The van der Waals surface area contributed by atoms with Gasteiger partial charge in [0.15, 0.2) is 0 Å². The molecule has 0 saturated heterocycles. The summed E-state index contributed by atoms with van der Waals surface area (Å²) in [5.74, 6) is 0. The Bertz CT molecular complexity index is 408. The summed E-state index contributed by atoms with van der Waals surface area (Å²) in [6.07, 6.45) is 0.564. The van der Waals surface area contributed by atoms with Gasteiger partial charge in [0.1, 0.15) is 0 Å². The second kappa shape index (κ2) is 4.21. The van der Waals surface area contributed by atoms with Gasteiger partial charge in [0.05, 0.1) is 21.3 Å². The minimum Gasteiger partial charge on any atom is -0.392 e. The second-order valence-electron chi connectivity index (χ2n) is 4.87. The zero-order valence-electron chi connectivity index (χ0n) is 9.30. The zero-order chi connectivity index (χ0) is 11.9. The van der Waals surface area contributed by atoms with Crippen LogP contribution in [0.4, 0.5) is 5.69 Å². The van der Waals surface area contributed by atoms with E-state index in [1.165, 1.54) is 0 Å². The van der Waals surface area contributed by atoms with E-state index in [1.54, 1.807) is 0 Å². The van der Waals surface area contributed by atoms with Crippen LogP contribution in [0.1, 0.15) is 20.3 Å². The molecule has 0 spiro atoms. The molecule has 0 radical (unpaired) electrons. The maximum absolute atomic E-state index is 9.67. The van der Waals surface area contributed by atoms with Crippen molar-refractivity contribution in [3.63, 3.8) is 0 Å². The Balaban J connectivity index is 2.14. The Hall–Kier alpha value is -0.250. The molecule has 4 heteroatoms. The van der Waals surface area contributed by atoms with Crippen molar-refractivity contribution in [1.82, 2.24) is 0 Å². The molecule has 1 aliphatic rings. The quantitative estimate of drug-likeness (QED) is 0.873. The van der Waals surface area contributed by atoms with Gasteiger partial charge in [-0.25, -0.2) is 0 Å². The highest BCUT2D eigenvalue weighted by Crippen LogP contribution is 2.43. The van der Waals surface area contributed by atoms with Gasteiger partial charge in [-0.2, -0.15) is 0 Å².